The maximum atomic E-state index is 11.7. The molecule has 3 unspecified atom stereocenters. The molecule has 0 amide bonds. The Morgan fingerprint density at radius 2 is 1.82 bits per heavy atom. The van der Waals surface area contributed by atoms with Crippen molar-refractivity contribution < 1.29 is 32.7 Å². The molecule has 2 aliphatic rings. The van der Waals surface area contributed by atoms with Crippen molar-refractivity contribution in [2.75, 3.05) is 32.1 Å². The van der Waals surface area contributed by atoms with Crippen LogP contribution >= 0.6 is 0 Å². The van der Waals surface area contributed by atoms with Crippen molar-refractivity contribution in [3.63, 3.8) is 0 Å². The summed E-state index contributed by atoms with van der Waals surface area (Å²) < 4.78 is 23.7. The Morgan fingerprint density at radius 1 is 1.23 bits per heavy atom. The number of aliphatic carboxylic acids is 2. The van der Waals surface area contributed by atoms with Gasteiger partial charge >= 0.3 is 11.9 Å². The topological polar surface area (TPSA) is 109 Å². The first-order valence-corrected chi connectivity index (χ1v) is 9.29. The molecule has 0 aromatic heterocycles. The average Bonchev–Trinajstić information content (AvgIpc) is 2.41. The highest BCUT2D eigenvalue weighted by atomic mass is 32.2. The van der Waals surface area contributed by atoms with Crippen molar-refractivity contribution in [2.24, 2.45) is 11.8 Å². The minimum Gasteiger partial charge on any atom is -0.481 e. The normalized spacial score (nSPS) is 32.5. The average molecular weight is 332 g/mol. The molecule has 8 heteroatoms. The molecule has 2 rings (SSSR count). The number of carboxylic acid groups (broad SMARTS) is 2. The predicted molar refractivity (Wildman–Crippen MR) is 78.8 cm³/mol. The number of hydrogen-bond donors (Lipinski definition) is 2. The highest BCUT2D eigenvalue weighted by molar-refractivity contribution is 7.90. The zero-order valence-electron chi connectivity index (χ0n) is 12.8. The highest BCUT2D eigenvalue weighted by Crippen LogP contribution is 2.40. The van der Waals surface area contributed by atoms with Gasteiger partial charge in [-0.2, -0.15) is 0 Å². The van der Waals surface area contributed by atoms with E-state index >= 15 is 0 Å². The van der Waals surface area contributed by atoms with Gasteiger partial charge in [0.1, 0.15) is 17.4 Å². The molecule has 2 aliphatic heterocycles. The largest absolute Gasteiger partial charge is 0.481 e. The van der Waals surface area contributed by atoms with Crippen molar-refractivity contribution in [1.29, 1.82) is 0 Å². The number of quaternary nitrogens is 1. The van der Waals surface area contributed by atoms with Crippen molar-refractivity contribution in [2.45, 2.75) is 19.3 Å². The first-order chi connectivity index (χ1) is 10.0. The monoisotopic (exact) mass is 332 g/mol. The number of carbonyl (C=O) groups is 2. The Kier molecular flexibility index (Phi) is 4.36. The molecule has 0 radical (unpaired) electrons. The number of rotatable bonds is 4. The van der Waals surface area contributed by atoms with Gasteiger partial charge in [-0.05, 0) is 18.4 Å². The van der Waals surface area contributed by atoms with E-state index in [-0.39, 0.29) is 23.2 Å². The van der Waals surface area contributed by atoms with Gasteiger partial charge in [-0.3, -0.25) is 14.1 Å². The summed E-state index contributed by atoms with van der Waals surface area (Å²) in [6.07, 6.45) is 2.75. The number of sulfone groups is 1. The van der Waals surface area contributed by atoms with E-state index < -0.39 is 33.6 Å². The molecule has 22 heavy (non-hydrogen) atoms. The number of carboxylic acids is 2. The summed E-state index contributed by atoms with van der Waals surface area (Å²) in [5.41, 5.74) is 1.51. The van der Waals surface area contributed by atoms with Crippen LogP contribution in [0.4, 0.5) is 0 Å². The number of fused-ring (bicyclic) bond motifs is 1. The molecule has 7 nitrogen and oxygen atoms in total. The minimum absolute atomic E-state index is 0.126. The van der Waals surface area contributed by atoms with E-state index in [1.54, 1.807) is 0 Å². The zero-order chi connectivity index (χ0) is 16.7. The first-order valence-electron chi connectivity index (χ1n) is 7.23. The van der Waals surface area contributed by atoms with Crippen LogP contribution in [0.25, 0.3) is 0 Å². The Morgan fingerprint density at radius 3 is 2.32 bits per heavy atom. The quantitative estimate of drug-likeness (QED) is 0.718. The van der Waals surface area contributed by atoms with Gasteiger partial charge in [-0.15, -0.1) is 0 Å². The molecule has 2 bridgehead atoms. The fourth-order valence-corrected chi connectivity index (χ4v) is 4.72. The fourth-order valence-electron chi connectivity index (χ4n) is 3.71. The predicted octanol–water partition coefficient (Wildman–Crippen LogP) is 0.331. The van der Waals surface area contributed by atoms with Gasteiger partial charge in [0.05, 0.1) is 26.1 Å². The highest BCUT2D eigenvalue weighted by Gasteiger charge is 2.48. The van der Waals surface area contributed by atoms with E-state index in [2.05, 4.69) is 0 Å². The Balaban J connectivity index is 2.53. The van der Waals surface area contributed by atoms with E-state index in [4.69, 9.17) is 0 Å². The number of hydrogen-bond acceptors (Lipinski definition) is 4. The van der Waals surface area contributed by atoms with E-state index in [0.717, 1.165) is 18.2 Å². The van der Waals surface area contributed by atoms with Crippen molar-refractivity contribution >= 4 is 21.8 Å². The van der Waals surface area contributed by atoms with Gasteiger partial charge in [-0.1, -0.05) is 0 Å². The fraction of sp³-hybridized carbons (Fsp3) is 0.714. The molecule has 0 aliphatic carbocycles. The maximum absolute atomic E-state index is 11.7. The molecule has 124 valence electrons. The molecule has 0 saturated heterocycles. The maximum Gasteiger partial charge on any atom is 0.313 e. The molecule has 2 heterocycles. The Bertz CT molecular complexity index is 638. The molecule has 0 saturated carbocycles. The second-order valence-electron chi connectivity index (χ2n) is 6.62. The Labute approximate surface area is 129 Å². The second-order valence-corrected chi connectivity index (χ2v) is 8.76. The minimum atomic E-state index is -3.26. The summed E-state index contributed by atoms with van der Waals surface area (Å²) in [5, 5.41) is 18.8. The smallest absolute Gasteiger partial charge is 0.313 e. The summed E-state index contributed by atoms with van der Waals surface area (Å²) in [5.74, 6) is -4.39. The molecule has 0 fully saturated rings. The van der Waals surface area contributed by atoms with Crippen molar-refractivity contribution in [1.82, 2.24) is 0 Å². The summed E-state index contributed by atoms with van der Waals surface area (Å²) in [6.45, 7) is 0.769. The third-order valence-corrected chi connectivity index (χ3v) is 5.57. The number of nitrogens with zero attached hydrogens (tertiary/aromatic N) is 1. The van der Waals surface area contributed by atoms with Crippen LogP contribution in [0.1, 0.15) is 19.3 Å². The van der Waals surface area contributed by atoms with Crippen LogP contribution in [0.15, 0.2) is 11.3 Å². The van der Waals surface area contributed by atoms with Crippen LogP contribution in [0.2, 0.25) is 0 Å². The van der Waals surface area contributed by atoms with Gasteiger partial charge < -0.3 is 10.2 Å². The summed E-state index contributed by atoms with van der Waals surface area (Å²) >= 11 is 0. The molecule has 0 aromatic rings. The molecular weight excluding hydrogens is 310 g/mol. The molecule has 0 aromatic carbocycles. The van der Waals surface area contributed by atoms with Crippen LogP contribution in [0, 0.1) is 11.8 Å². The third kappa shape index (κ3) is 3.33. The molecule has 2 N–H and O–H groups in total. The lowest BCUT2D eigenvalue weighted by molar-refractivity contribution is -0.876. The SMILES string of the molecule is C[N+]12CCCC(=C1CS(C)(=O)=O)CC(C(=O)O)C(C(=O)O)C2. The van der Waals surface area contributed by atoms with Crippen LogP contribution in [0.3, 0.4) is 0 Å². The third-order valence-electron chi connectivity index (χ3n) is 4.77. The second kappa shape index (κ2) is 5.66. The van der Waals surface area contributed by atoms with Crippen LogP contribution in [0.5, 0.6) is 0 Å². The lowest BCUT2D eigenvalue weighted by Crippen LogP contribution is -2.51. The lowest BCUT2D eigenvalue weighted by atomic mass is 9.86. The van der Waals surface area contributed by atoms with Crippen molar-refractivity contribution in [3.05, 3.63) is 11.3 Å². The first kappa shape index (κ1) is 17.0. The van der Waals surface area contributed by atoms with Gasteiger partial charge in [0.2, 0.25) is 0 Å². The van der Waals surface area contributed by atoms with E-state index in [9.17, 15) is 28.2 Å². The molecule has 0 spiro atoms. The standard InChI is InChI=1S/C14H21NO6S/c1-15-5-3-4-9(12(15)8-22(2,20)21)6-10(13(16)17)11(7-15)14(18)19/h10-11H,3-8H2,1-2H3,(H-,16,17,18,19)/p+1. The van der Waals surface area contributed by atoms with Crippen LogP contribution < -0.4 is 0 Å². The number of allylic oxidation sites excluding steroid dienone is 1. The zero-order valence-corrected chi connectivity index (χ0v) is 13.6. The van der Waals surface area contributed by atoms with E-state index in [1.807, 2.05) is 7.05 Å². The summed E-state index contributed by atoms with van der Waals surface area (Å²) in [4.78, 5) is 23.0. The molecule has 3 atom stereocenters. The van der Waals surface area contributed by atoms with Gasteiger partial charge in [0.25, 0.3) is 0 Å². The van der Waals surface area contributed by atoms with Gasteiger partial charge in [0, 0.05) is 12.7 Å². The lowest BCUT2D eigenvalue weighted by Gasteiger charge is -2.40. The summed E-state index contributed by atoms with van der Waals surface area (Å²) in [6, 6.07) is 0. The van der Waals surface area contributed by atoms with Crippen LogP contribution in [-0.4, -0.2) is 67.2 Å². The van der Waals surface area contributed by atoms with Gasteiger partial charge in [-0.25, -0.2) is 8.42 Å². The Hall–Kier alpha value is -1.41. The van der Waals surface area contributed by atoms with E-state index in [0.29, 0.717) is 18.7 Å². The van der Waals surface area contributed by atoms with Crippen molar-refractivity contribution in [3.8, 4) is 0 Å². The molecular formula is C14H22NO6S+. The van der Waals surface area contributed by atoms with E-state index in [1.165, 1.54) is 0 Å². The summed E-state index contributed by atoms with van der Waals surface area (Å²) in [7, 11) is -1.44. The van der Waals surface area contributed by atoms with Crippen LogP contribution in [-0.2, 0) is 19.4 Å². The van der Waals surface area contributed by atoms with Gasteiger partial charge in [0.15, 0.2) is 9.84 Å².